The van der Waals surface area contributed by atoms with Gasteiger partial charge in [0.1, 0.15) is 0 Å². The van der Waals surface area contributed by atoms with E-state index in [1.54, 1.807) is 43.8 Å². The van der Waals surface area contributed by atoms with Crippen molar-refractivity contribution in [2.75, 3.05) is 20.8 Å². The average Bonchev–Trinajstić information content (AvgIpc) is 3.40. The molecule has 1 saturated carbocycles. The van der Waals surface area contributed by atoms with Crippen LogP contribution in [-0.4, -0.2) is 52.5 Å². The van der Waals surface area contributed by atoms with Crippen molar-refractivity contribution < 1.29 is 14.3 Å². The number of methoxy groups -OCH3 is 2. The van der Waals surface area contributed by atoms with Crippen LogP contribution in [0.5, 0.6) is 5.88 Å². The molecule has 3 aromatic rings. The van der Waals surface area contributed by atoms with Gasteiger partial charge in [-0.05, 0) is 36.6 Å². The Labute approximate surface area is 179 Å². The molecule has 0 unspecified atom stereocenters. The first kappa shape index (κ1) is 20.8. The van der Waals surface area contributed by atoms with Gasteiger partial charge in [0, 0.05) is 43.7 Å². The number of carbonyl (C=O) groups is 1. The monoisotopic (exact) mass is 423 g/mol. The fourth-order valence-corrected chi connectivity index (χ4v) is 3.98. The molecule has 0 spiro atoms. The van der Waals surface area contributed by atoms with Crippen LogP contribution < -0.4 is 15.6 Å². The van der Waals surface area contributed by atoms with Crippen molar-refractivity contribution in [2.24, 2.45) is 5.92 Å². The van der Waals surface area contributed by atoms with Crippen LogP contribution in [-0.2, 0) is 4.74 Å². The number of ether oxygens (including phenoxy) is 2. The van der Waals surface area contributed by atoms with Crippen molar-refractivity contribution in [2.45, 2.75) is 25.3 Å². The van der Waals surface area contributed by atoms with Gasteiger partial charge in [-0.25, -0.2) is 14.6 Å². The van der Waals surface area contributed by atoms with E-state index in [4.69, 9.17) is 9.47 Å². The molecule has 31 heavy (non-hydrogen) atoms. The van der Waals surface area contributed by atoms with Crippen LogP contribution in [0.25, 0.3) is 16.9 Å². The molecule has 0 aromatic carbocycles. The molecule has 0 radical (unpaired) electrons. The summed E-state index contributed by atoms with van der Waals surface area (Å²) in [5.41, 5.74) is 1.34. The fraction of sp³-hybridized carbons (Fsp3) is 0.364. The Hall–Kier alpha value is -3.46. The van der Waals surface area contributed by atoms with Crippen LogP contribution in [0.3, 0.4) is 0 Å². The van der Waals surface area contributed by atoms with Crippen molar-refractivity contribution in [3.63, 3.8) is 0 Å². The summed E-state index contributed by atoms with van der Waals surface area (Å²) in [5.74, 6) is 0.986. The summed E-state index contributed by atoms with van der Waals surface area (Å²) in [6, 6.07) is 6.84. The number of H-pyrrole nitrogens is 1. The quantitative estimate of drug-likeness (QED) is 0.603. The third kappa shape index (κ3) is 4.36. The molecule has 4 rings (SSSR count). The minimum absolute atomic E-state index is 0.109. The minimum atomic E-state index is -0.258. The van der Waals surface area contributed by atoms with E-state index in [1.807, 2.05) is 0 Å². The predicted molar refractivity (Wildman–Crippen MR) is 114 cm³/mol. The Morgan fingerprint density at radius 3 is 2.87 bits per heavy atom. The van der Waals surface area contributed by atoms with E-state index < -0.39 is 0 Å². The van der Waals surface area contributed by atoms with Gasteiger partial charge in [-0.3, -0.25) is 14.7 Å². The van der Waals surface area contributed by atoms with Gasteiger partial charge in [-0.2, -0.15) is 0 Å². The van der Waals surface area contributed by atoms with E-state index in [-0.39, 0.29) is 17.5 Å². The van der Waals surface area contributed by atoms with Crippen LogP contribution in [0.1, 0.15) is 29.6 Å². The molecule has 0 saturated heterocycles. The lowest BCUT2D eigenvalue weighted by atomic mass is 10.0. The van der Waals surface area contributed by atoms with Gasteiger partial charge in [0.25, 0.3) is 11.5 Å². The maximum Gasteiger partial charge on any atom is 0.280 e. The number of aromatic amines is 1. The van der Waals surface area contributed by atoms with Crippen LogP contribution in [0.4, 0.5) is 0 Å². The molecule has 9 heteroatoms. The lowest BCUT2D eigenvalue weighted by molar-refractivity contribution is 0.0898. The van der Waals surface area contributed by atoms with Gasteiger partial charge in [-0.1, -0.05) is 6.42 Å². The number of rotatable bonds is 7. The van der Waals surface area contributed by atoms with Crippen molar-refractivity contribution >= 4 is 5.91 Å². The Morgan fingerprint density at radius 1 is 1.26 bits per heavy atom. The largest absolute Gasteiger partial charge is 0.481 e. The molecule has 2 N–H and O–H groups in total. The summed E-state index contributed by atoms with van der Waals surface area (Å²) in [6.07, 6.45) is 7.75. The molecule has 162 valence electrons. The third-order valence-electron chi connectivity index (χ3n) is 5.62. The summed E-state index contributed by atoms with van der Waals surface area (Å²) < 4.78 is 11.7. The van der Waals surface area contributed by atoms with Crippen LogP contribution in [0.2, 0.25) is 0 Å². The number of hydrogen-bond donors (Lipinski definition) is 2. The van der Waals surface area contributed by atoms with E-state index in [2.05, 4.69) is 20.4 Å². The number of amides is 1. The lowest BCUT2D eigenvalue weighted by Gasteiger charge is -2.20. The SMILES string of the molecule is COC[C@H]1CCC[C@H]1NC(=O)c1ccc(-n2[nH]cc(-c3ccnc(OC)c3)c2=O)nc1. The zero-order valence-electron chi connectivity index (χ0n) is 17.5. The maximum absolute atomic E-state index is 12.9. The molecule has 1 amide bonds. The highest BCUT2D eigenvalue weighted by Gasteiger charge is 2.28. The molecular formula is C22H25N5O4. The molecule has 1 aliphatic carbocycles. The first-order valence-electron chi connectivity index (χ1n) is 10.2. The van der Waals surface area contributed by atoms with Crippen LogP contribution in [0, 0.1) is 5.92 Å². The standard InChI is InChI=1S/C22H25N5O4/c1-30-13-16-4-3-5-18(16)26-21(28)15-6-7-19(24-11-15)27-22(29)17(12-25-27)14-8-9-23-20(10-14)31-2/h6-12,16,18,25H,3-5,13H2,1-2H3,(H,26,28)/t16-,18-/m1/s1. The van der Waals surface area contributed by atoms with Gasteiger partial charge in [0.2, 0.25) is 5.88 Å². The molecule has 0 bridgehead atoms. The van der Waals surface area contributed by atoms with Crippen LogP contribution >= 0.6 is 0 Å². The van der Waals surface area contributed by atoms with Crippen molar-refractivity contribution in [3.05, 3.63) is 58.8 Å². The minimum Gasteiger partial charge on any atom is -0.481 e. The predicted octanol–water partition coefficient (Wildman–Crippen LogP) is 2.18. The number of aromatic nitrogens is 4. The van der Waals surface area contributed by atoms with E-state index >= 15 is 0 Å². The van der Waals surface area contributed by atoms with Crippen molar-refractivity contribution in [3.8, 4) is 22.8 Å². The maximum atomic E-state index is 12.9. The van der Waals surface area contributed by atoms with Gasteiger partial charge in [0.05, 0.1) is 24.8 Å². The number of hydrogen-bond acceptors (Lipinski definition) is 6. The normalized spacial score (nSPS) is 18.1. The van der Waals surface area contributed by atoms with E-state index in [0.717, 1.165) is 19.3 Å². The summed E-state index contributed by atoms with van der Waals surface area (Å²) in [4.78, 5) is 33.9. The van der Waals surface area contributed by atoms with Gasteiger partial charge in [0.15, 0.2) is 5.82 Å². The summed E-state index contributed by atoms with van der Waals surface area (Å²) >= 11 is 0. The van der Waals surface area contributed by atoms with Gasteiger partial charge in [-0.15, -0.1) is 0 Å². The second-order valence-corrected chi connectivity index (χ2v) is 7.55. The summed E-state index contributed by atoms with van der Waals surface area (Å²) in [5, 5.41) is 6.00. The highest BCUT2D eigenvalue weighted by atomic mass is 16.5. The Bertz CT molecular complexity index is 1110. The number of pyridine rings is 2. The zero-order valence-corrected chi connectivity index (χ0v) is 17.5. The zero-order chi connectivity index (χ0) is 21.8. The van der Waals surface area contributed by atoms with Gasteiger partial charge >= 0.3 is 0 Å². The van der Waals surface area contributed by atoms with Crippen LogP contribution in [0.15, 0.2) is 47.7 Å². The first-order valence-corrected chi connectivity index (χ1v) is 10.2. The fourth-order valence-electron chi connectivity index (χ4n) is 3.98. The smallest absolute Gasteiger partial charge is 0.280 e. The summed E-state index contributed by atoms with van der Waals surface area (Å²) in [6.45, 7) is 0.642. The molecule has 3 aromatic heterocycles. The molecule has 2 atom stereocenters. The number of carbonyl (C=O) groups excluding carboxylic acids is 1. The second kappa shape index (κ2) is 9.13. The molecule has 1 fully saturated rings. The lowest BCUT2D eigenvalue weighted by Crippen LogP contribution is -2.38. The Morgan fingerprint density at radius 2 is 2.13 bits per heavy atom. The average molecular weight is 423 g/mol. The molecule has 1 aliphatic rings. The highest BCUT2D eigenvalue weighted by molar-refractivity contribution is 5.94. The summed E-state index contributed by atoms with van der Waals surface area (Å²) in [7, 11) is 3.20. The third-order valence-corrected chi connectivity index (χ3v) is 5.62. The van der Waals surface area contributed by atoms with Crippen molar-refractivity contribution in [1.82, 2.24) is 25.1 Å². The van der Waals surface area contributed by atoms with E-state index in [9.17, 15) is 9.59 Å². The molecular weight excluding hydrogens is 398 g/mol. The Balaban J connectivity index is 1.50. The van der Waals surface area contributed by atoms with E-state index in [1.165, 1.54) is 18.0 Å². The topological polar surface area (TPSA) is 111 Å². The Kier molecular flexibility index (Phi) is 6.13. The number of nitrogens with zero attached hydrogens (tertiary/aromatic N) is 3. The molecule has 3 heterocycles. The van der Waals surface area contributed by atoms with Gasteiger partial charge < -0.3 is 14.8 Å². The highest BCUT2D eigenvalue weighted by Crippen LogP contribution is 2.26. The number of nitrogens with one attached hydrogen (secondary N) is 2. The second-order valence-electron chi connectivity index (χ2n) is 7.55. The molecule has 9 nitrogen and oxygen atoms in total. The van der Waals surface area contributed by atoms with E-state index in [0.29, 0.717) is 40.9 Å². The van der Waals surface area contributed by atoms with Crippen molar-refractivity contribution in [1.29, 1.82) is 0 Å². The molecule has 0 aliphatic heterocycles. The first-order chi connectivity index (χ1) is 15.1.